The Labute approximate surface area is 87.4 Å². The van der Waals surface area contributed by atoms with Crippen molar-refractivity contribution in [2.75, 3.05) is 13.1 Å². The maximum atomic E-state index is 4.42. The first-order chi connectivity index (χ1) is 6.64. The number of guanidine groups is 1. The van der Waals surface area contributed by atoms with E-state index in [2.05, 4.69) is 36.4 Å². The molecule has 82 valence electrons. The van der Waals surface area contributed by atoms with Gasteiger partial charge in [0.15, 0.2) is 5.96 Å². The Kier molecular flexibility index (Phi) is 4.23. The molecular weight excluding hydrogens is 174 g/mol. The van der Waals surface area contributed by atoms with Gasteiger partial charge in [-0.1, -0.05) is 19.8 Å². The van der Waals surface area contributed by atoms with Crippen LogP contribution < -0.4 is 10.6 Å². The molecule has 1 heterocycles. The van der Waals surface area contributed by atoms with Crippen LogP contribution in [0.3, 0.4) is 0 Å². The zero-order valence-electron chi connectivity index (χ0n) is 9.69. The zero-order chi connectivity index (χ0) is 10.4. The Morgan fingerprint density at radius 1 is 1.50 bits per heavy atom. The van der Waals surface area contributed by atoms with Crippen LogP contribution in [0.5, 0.6) is 0 Å². The topological polar surface area (TPSA) is 36.4 Å². The molecule has 3 nitrogen and oxygen atoms in total. The molecule has 0 aliphatic carbocycles. The van der Waals surface area contributed by atoms with Gasteiger partial charge in [0.25, 0.3) is 0 Å². The van der Waals surface area contributed by atoms with Crippen molar-refractivity contribution in [3.05, 3.63) is 0 Å². The van der Waals surface area contributed by atoms with Crippen molar-refractivity contribution < 1.29 is 0 Å². The average Bonchev–Trinajstić information content (AvgIpc) is 2.16. The lowest BCUT2D eigenvalue weighted by Gasteiger charge is -2.29. The second-order valence-corrected chi connectivity index (χ2v) is 4.62. The van der Waals surface area contributed by atoms with Gasteiger partial charge in [-0.15, -0.1) is 0 Å². The zero-order valence-corrected chi connectivity index (χ0v) is 9.69. The number of hydrogen-bond acceptors (Lipinski definition) is 3. The van der Waals surface area contributed by atoms with Gasteiger partial charge in [0.1, 0.15) is 0 Å². The Morgan fingerprint density at radius 3 is 2.86 bits per heavy atom. The minimum absolute atomic E-state index is 0.166. The molecule has 0 unspecified atom stereocenters. The number of hydrogen-bond donors (Lipinski definition) is 2. The van der Waals surface area contributed by atoms with Crippen molar-refractivity contribution in [2.45, 2.75) is 52.0 Å². The first-order valence-corrected chi connectivity index (χ1v) is 5.70. The largest absolute Gasteiger partial charge is 0.356 e. The summed E-state index contributed by atoms with van der Waals surface area (Å²) >= 11 is 0. The predicted molar refractivity (Wildman–Crippen MR) is 61.7 cm³/mol. The highest BCUT2D eigenvalue weighted by Gasteiger charge is 2.18. The van der Waals surface area contributed by atoms with Gasteiger partial charge in [-0.2, -0.15) is 0 Å². The summed E-state index contributed by atoms with van der Waals surface area (Å²) in [6, 6.07) is 0. The van der Waals surface area contributed by atoms with E-state index in [1.54, 1.807) is 0 Å². The molecule has 0 aromatic carbocycles. The van der Waals surface area contributed by atoms with Gasteiger partial charge in [0.05, 0.1) is 0 Å². The molecular formula is C11H23N3. The molecule has 0 saturated carbocycles. The molecule has 0 atom stereocenters. The molecule has 0 saturated heterocycles. The summed E-state index contributed by atoms with van der Waals surface area (Å²) in [6.45, 7) is 8.71. The Hall–Kier alpha value is -0.730. The van der Waals surface area contributed by atoms with E-state index in [9.17, 15) is 0 Å². The molecule has 0 bridgehead atoms. The minimum atomic E-state index is 0.166. The van der Waals surface area contributed by atoms with E-state index < -0.39 is 0 Å². The van der Waals surface area contributed by atoms with Crippen molar-refractivity contribution in [2.24, 2.45) is 4.99 Å². The highest BCUT2D eigenvalue weighted by atomic mass is 15.2. The van der Waals surface area contributed by atoms with Crippen LogP contribution in [0.4, 0.5) is 0 Å². The molecule has 2 N–H and O–H groups in total. The number of rotatable bonds is 4. The maximum Gasteiger partial charge on any atom is 0.191 e. The van der Waals surface area contributed by atoms with Crippen LogP contribution in [-0.4, -0.2) is 24.6 Å². The predicted octanol–water partition coefficient (Wildman–Crippen LogP) is 1.89. The number of nitrogens with zero attached hydrogens (tertiary/aromatic N) is 1. The van der Waals surface area contributed by atoms with Crippen molar-refractivity contribution in [3.8, 4) is 0 Å². The van der Waals surface area contributed by atoms with E-state index in [1.165, 1.54) is 19.3 Å². The third-order valence-electron chi connectivity index (χ3n) is 2.51. The molecule has 1 aliphatic rings. The summed E-state index contributed by atoms with van der Waals surface area (Å²) in [5.74, 6) is 0.984. The van der Waals surface area contributed by atoms with Crippen molar-refractivity contribution in [1.29, 1.82) is 0 Å². The molecule has 3 heteroatoms. The van der Waals surface area contributed by atoms with Gasteiger partial charge in [-0.3, -0.25) is 4.99 Å². The highest BCUT2D eigenvalue weighted by Crippen LogP contribution is 2.12. The van der Waals surface area contributed by atoms with E-state index in [1.807, 2.05) is 0 Å². The second kappa shape index (κ2) is 5.23. The molecule has 1 aliphatic heterocycles. The van der Waals surface area contributed by atoms with Crippen molar-refractivity contribution in [1.82, 2.24) is 10.6 Å². The molecule has 0 spiro atoms. The van der Waals surface area contributed by atoms with E-state index in [-0.39, 0.29) is 5.54 Å². The van der Waals surface area contributed by atoms with E-state index in [4.69, 9.17) is 0 Å². The second-order valence-electron chi connectivity index (χ2n) is 4.62. The summed E-state index contributed by atoms with van der Waals surface area (Å²) in [7, 11) is 0. The smallest absolute Gasteiger partial charge is 0.191 e. The van der Waals surface area contributed by atoms with Gasteiger partial charge < -0.3 is 10.6 Å². The number of unbranched alkanes of at least 4 members (excludes halogenated alkanes) is 1. The standard InChI is InChI=1S/C11H23N3/c1-4-5-7-11(2,3)14-10-12-8-6-9-13-10/h4-9H2,1-3H3,(H2,12,13,14). The highest BCUT2D eigenvalue weighted by molar-refractivity contribution is 5.80. The SMILES string of the molecule is CCCCC(C)(C)NC1=NCCCN1. The molecule has 0 radical (unpaired) electrons. The maximum absolute atomic E-state index is 4.42. The number of nitrogens with one attached hydrogen (secondary N) is 2. The van der Waals surface area contributed by atoms with Crippen LogP contribution in [0, 0.1) is 0 Å². The monoisotopic (exact) mass is 197 g/mol. The van der Waals surface area contributed by atoms with Gasteiger partial charge in [0.2, 0.25) is 0 Å². The fourth-order valence-corrected chi connectivity index (χ4v) is 1.62. The van der Waals surface area contributed by atoms with Crippen molar-refractivity contribution >= 4 is 5.96 Å². The van der Waals surface area contributed by atoms with Gasteiger partial charge in [0, 0.05) is 18.6 Å². The van der Waals surface area contributed by atoms with Gasteiger partial charge in [-0.25, -0.2) is 0 Å². The van der Waals surface area contributed by atoms with Crippen LogP contribution in [0.25, 0.3) is 0 Å². The quantitative estimate of drug-likeness (QED) is 0.722. The third kappa shape index (κ3) is 3.99. The fourth-order valence-electron chi connectivity index (χ4n) is 1.62. The van der Waals surface area contributed by atoms with E-state index >= 15 is 0 Å². The lowest BCUT2D eigenvalue weighted by molar-refractivity contribution is 0.402. The summed E-state index contributed by atoms with van der Waals surface area (Å²) in [5.41, 5.74) is 0.166. The third-order valence-corrected chi connectivity index (χ3v) is 2.51. The Bertz CT molecular complexity index is 197. The van der Waals surface area contributed by atoms with Crippen LogP contribution in [0.1, 0.15) is 46.5 Å². The fraction of sp³-hybridized carbons (Fsp3) is 0.909. The molecule has 0 aromatic rings. The van der Waals surface area contributed by atoms with Crippen LogP contribution in [0.2, 0.25) is 0 Å². The molecule has 1 rings (SSSR count). The Balaban J connectivity index is 2.36. The normalized spacial score (nSPS) is 17.2. The van der Waals surface area contributed by atoms with Crippen molar-refractivity contribution in [3.63, 3.8) is 0 Å². The van der Waals surface area contributed by atoms with Crippen LogP contribution in [0.15, 0.2) is 4.99 Å². The van der Waals surface area contributed by atoms with E-state index in [0.29, 0.717) is 0 Å². The lowest BCUT2D eigenvalue weighted by atomic mass is 9.98. The molecule has 14 heavy (non-hydrogen) atoms. The van der Waals surface area contributed by atoms with Gasteiger partial charge in [-0.05, 0) is 26.7 Å². The van der Waals surface area contributed by atoms with Crippen LogP contribution in [-0.2, 0) is 0 Å². The Morgan fingerprint density at radius 2 is 2.29 bits per heavy atom. The number of aliphatic imine (C=N–C) groups is 1. The lowest BCUT2D eigenvalue weighted by Crippen LogP contribution is -2.50. The summed E-state index contributed by atoms with van der Waals surface area (Å²) < 4.78 is 0. The van der Waals surface area contributed by atoms with Crippen LogP contribution >= 0.6 is 0 Å². The minimum Gasteiger partial charge on any atom is -0.356 e. The molecule has 0 aromatic heterocycles. The summed E-state index contributed by atoms with van der Waals surface area (Å²) in [4.78, 5) is 4.42. The van der Waals surface area contributed by atoms with E-state index in [0.717, 1.165) is 25.5 Å². The first kappa shape index (κ1) is 11.3. The molecule has 0 fully saturated rings. The first-order valence-electron chi connectivity index (χ1n) is 5.70. The average molecular weight is 197 g/mol. The summed E-state index contributed by atoms with van der Waals surface area (Å²) in [5, 5.41) is 6.76. The molecule has 0 amide bonds. The summed E-state index contributed by atoms with van der Waals surface area (Å²) in [6.07, 6.45) is 4.88. The van der Waals surface area contributed by atoms with Gasteiger partial charge >= 0.3 is 0 Å².